The fraction of sp³-hybridized carbons (Fsp3) is 0.462. The van der Waals surface area contributed by atoms with Crippen molar-refractivity contribution >= 4 is 27.5 Å². The summed E-state index contributed by atoms with van der Waals surface area (Å²) in [6.07, 6.45) is 1.37. The van der Waals surface area contributed by atoms with Crippen molar-refractivity contribution in [2.75, 3.05) is 12.3 Å². The van der Waals surface area contributed by atoms with Gasteiger partial charge in [0.15, 0.2) is 0 Å². The first-order valence-electron chi connectivity index (χ1n) is 6.42. The summed E-state index contributed by atoms with van der Waals surface area (Å²) < 4.78 is 25.3. The number of halogens is 1. The Kier molecular flexibility index (Phi) is 6.98. The average molecular weight is 319 g/mol. The fourth-order valence-corrected chi connectivity index (χ4v) is 2.85. The van der Waals surface area contributed by atoms with Crippen molar-refractivity contribution in [2.24, 2.45) is 0 Å². The standard InChI is InChI=1S/C13H19ClN2O3S/c1-2-3-8-20(18,19)16-10-13(17)15-9-11-6-4-5-7-12(11)14/h4-7,16H,2-3,8-10H2,1H3,(H,15,17). The van der Waals surface area contributed by atoms with Crippen molar-refractivity contribution in [1.82, 2.24) is 10.0 Å². The van der Waals surface area contributed by atoms with Gasteiger partial charge in [-0.05, 0) is 18.1 Å². The number of carbonyl (C=O) groups excluding carboxylic acids is 1. The first kappa shape index (κ1) is 16.9. The van der Waals surface area contributed by atoms with Crippen LogP contribution in [0.5, 0.6) is 0 Å². The zero-order valence-corrected chi connectivity index (χ0v) is 12.9. The van der Waals surface area contributed by atoms with Crippen LogP contribution >= 0.6 is 11.6 Å². The third-order valence-electron chi connectivity index (χ3n) is 2.65. The molecule has 1 rings (SSSR count). The number of rotatable bonds is 8. The highest BCUT2D eigenvalue weighted by molar-refractivity contribution is 7.89. The second kappa shape index (κ2) is 8.24. The smallest absolute Gasteiger partial charge is 0.235 e. The van der Waals surface area contributed by atoms with E-state index < -0.39 is 10.0 Å². The number of carbonyl (C=O) groups is 1. The highest BCUT2D eigenvalue weighted by atomic mass is 35.5. The third-order valence-corrected chi connectivity index (χ3v) is 4.43. The summed E-state index contributed by atoms with van der Waals surface area (Å²) in [6.45, 7) is 1.93. The van der Waals surface area contributed by atoms with Gasteiger partial charge < -0.3 is 5.32 Å². The maximum Gasteiger partial charge on any atom is 0.235 e. The van der Waals surface area contributed by atoms with Crippen LogP contribution < -0.4 is 10.0 Å². The summed E-state index contributed by atoms with van der Waals surface area (Å²) in [6, 6.07) is 7.15. The molecule has 2 N–H and O–H groups in total. The molecule has 0 saturated heterocycles. The number of hydrogen-bond donors (Lipinski definition) is 2. The molecule has 7 heteroatoms. The highest BCUT2D eigenvalue weighted by Gasteiger charge is 2.11. The van der Waals surface area contributed by atoms with Gasteiger partial charge >= 0.3 is 0 Å². The Morgan fingerprint density at radius 2 is 2.00 bits per heavy atom. The van der Waals surface area contributed by atoms with Crippen molar-refractivity contribution in [3.63, 3.8) is 0 Å². The molecular formula is C13H19ClN2O3S. The Labute approximate surface area is 124 Å². The molecule has 0 aliphatic heterocycles. The van der Waals surface area contributed by atoms with E-state index >= 15 is 0 Å². The van der Waals surface area contributed by atoms with Crippen LogP contribution in [0, 0.1) is 0 Å². The van der Waals surface area contributed by atoms with Crippen LogP contribution in [0.4, 0.5) is 0 Å². The van der Waals surface area contributed by atoms with Crippen LogP contribution in [0.15, 0.2) is 24.3 Å². The molecule has 0 heterocycles. The van der Waals surface area contributed by atoms with E-state index in [4.69, 9.17) is 11.6 Å². The molecule has 0 fully saturated rings. The van der Waals surface area contributed by atoms with Crippen LogP contribution in [0.3, 0.4) is 0 Å². The normalized spacial score (nSPS) is 11.3. The number of unbranched alkanes of at least 4 members (excludes halogenated alkanes) is 1. The van der Waals surface area contributed by atoms with E-state index in [-0.39, 0.29) is 24.7 Å². The van der Waals surface area contributed by atoms with Crippen molar-refractivity contribution in [1.29, 1.82) is 0 Å². The predicted octanol–water partition coefficient (Wildman–Crippen LogP) is 1.68. The summed E-state index contributed by atoms with van der Waals surface area (Å²) >= 11 is 5.95. The number of benzene rings is 1. The molecule has 0 unspecified atom stereocenters. The van der Waals surface area contributed by atoms with Gasteiger partial charge in [0.05, 0.1) is 12.3 Å². The molecule has 1 amide bonds. The molecule has 20 heavy (non-hydrogen) atoms. The molecule has 1 aromatic carbocycles. The van der Waals surface area contributed by atoms with Crippen LogP contribution in [0.25, 0.3) is 0 Å². The van der Waals surface area contributed by atoms with Gasteiger partial charge in [-0.1, -0.05) is 43.1 Å². The lowest BCUT2D eigenvalue weighted by molar-refractivity contribution is -0.120. The first-order valence-corrected chi connectivity index (χ1v) is 8.45. The van der Waals surface area contributed by atoms with E-state index in [0.717, 1.165) is 12.0 Å². The summed E-state index contributed by atoms with van der Waals surface area (Å²) in [5.74, 6) is -0.341. The van der Waals surface area contributed by atoms with Gasteiger partial charge in [0.1, 0.15) is 0 Å². The molecule has 1 aromatic rings. The highest BCUT2D eigenvalue weighted by Crippen LogP contribution is 2.14. The van der Waals surface area contributed by atoms with Crippen molar-refractivity contribution in [3.8, 4) is 0 Å². The minimum absolute atomic E-state index is 0.0429. The van der Waals surface area contributed by atoms with Gasteiger partial charge in [0, 0.05) is 11.6 Å². The molecule has 0 aromatic heterocycles. The molecular weight excluding hydrogens is 300 g/mol. The summed E-state index contributed by atoms with van der Waals surface area (Å²) in [4.78, 5) is 11.6. The summed E-state index contributed by atoms with van der Waals surface area (Å²) in [5.41, 5.74) is 0.788. The predicted molar refractivity (Wildman–Crippen MR) is 80.0 cm³/mol. The SMILES string of the molecule is CCCCS(=O)(=O)NCC(=O)NCc1ccccc1Cl. The molecule has 0 atom stereocenters. The Bertz CT molecular complexity index is 546. The zero-order chi connectivity index (χ0) is 15.0. The number of sulfonamides is 1. The molecule has 0 radical (unpaired) electrons. The van der Waals surface area contributed by atoms with Gasteiger partial charge in [-0.2, -0.15) is 0 Å². The van der Waals surface area contributed by atoms with Gasteiger partial charge in [0.25, 0.3) is 0 Å². The second-order valence-corrected chi connectivity index (χ2v) is 6.70. The van der Waals surface area contributed by atoms with Gasteiger partial charge in [0.2, 0.25) is 15.9 Å². The van der Waals surface area contributed by atoms with Gasteiger partial charge in [-0.25, -0.2) is 13.1 Å². The fourth-order valence-electron chi connectivity index (χ4n) is 1.48. The Morgan fingerprint density at radius 1 is 1.30 bits per heavy atom. The molecule has 0 aliphatic rings. The zero-order valence-electron chi connectivity index (χ0n) is 11.4. The number of nitrogens with one attached hydrogen (secondary N) is 2. The Hall–Kier alpha value is -1.11. The van der Waals surface area contributed by atoms with E-state index in [0.29, 0.717) is 11.4 Å². The maximum absolute atomic E-state index is 11.6. The van der Waals surface area contributed by atoms with Crippen LogP contribution in [0.1, 0.15) is 25.3 Å². The van der Waals surface area contributed by atoms with E-state index in [9.17, 15) is 13.2 Å². The molecule has 0 spiro atoms. The van der Waals surface area contributed by atoms with Crippen LogP contribution in [-0.4, -0.2) is 26.6 Å². The molecule has 0 bridgehead atoms. The summed E-state index contributed by atoms with van der Waals surface area (Å²) in [5, 5.41) is 3.18. The third kappa shape index (κ3) is 6.36. The van der Waals surface area contributed by atoms with Gasteiger partial charge in [-0.15, -0.1) is 0 Å². The van der Waals surface area contributed by atoms with Crippen molar-refractivity contribution in [3.05, 3.63) is 34.9 Å². The van der Waals surface area contributed by atoms with E-state index in [2.05, 4.69) is 10.0 Å². The Morgan fingerprint density at radius 3 is 2.65 bits per heavy atom. The quantitative estimate of drug-likeness (QED) is 0.765. The first-order chi connectivity index (χ1) is 9.44. The average Bonchev–Trinajstić information content (AvgIpc) is 2.42. The molecule has 112 valence electrons. The molecule has 0 saturated carbocycles. The van der Waals surface area contributed by atoms with E-state index in [1.807, 2.05) is 13.0 Å². The monoisotopic (exact) mass is 318 g/mol. The van der Waals surface area contributed by atoms with E-state index in [1.54, 1.807) is 18.2 Å². The topological polar surface area (TPSA) is 75.3 Å². The van der Waals surface area contributed by atoms with Crippen LogP contribution in [0.2, 0.25) is 5.02 Å². The molecule has 5 nitrogen and oxygen atoms in total. The lowest BCUT2D eigenvalue weighted by Gasteiger charge is -2.08. The minimum Gasteiger partial charge on any atom is -0.351 e. The largest absolute Gasteiger partial charge is 0.351 e. The lowest BCUT2D eigenvalue weighted by atomic mass is 10.2. The summed E-state index contributed by atoms with van der Waals surface area (Å²) in [7, 11) is -3.37. The minimum atomic E-state index is -3.37. The maximum atomic E-state index is 11.6. The second-order valence-electron chi connectivity index (χ2n) is 4.36. The van der Waals surface area contributed by atoms with Crippen molar-refractivity contribution < 1.29 is 13.2 Å². The number of hydrogen-bond acceptors (Lipinski definition) is 3. The lowest BCUT2D eigenvalue weighted by Crippen LogP contribution is -2.37. The van der Waals surface area contributed by atoms with Crippen LogP contribution in [-0.2, 0) is 21.4 Å². The Balaban J connectivity index is 2.36. The van der Waals surface area contributed by atoms with Crippen molar-refractivity contribution in [2.45, 2.75) is 26.3 Å². The molecule has 0 aliphatic carbocycles. The van der Waals surface area contributed by atoms with E-state index in [1.165, 1.54) is 0 Å². The number of amides is 1. The van der Waals surface area contributed by atoms with Gasteiger partial charge in [-0.3, -0.25) is 4.79 Å².